The third-order valence-electron chi connectivity index (χ3n) is 3.79. The first-order chi connectivity index (χ1) is 13.4. The van der Waals surface area contributed by atoms with Crippen LogP contribution in [0.25, 0.3) is 0 Å². The van der Waals surface area contributed by atoms with E-state index in [9.17, 15) is 18.0 Å². The maximum Gasteiger partial charge on any atom is 0.485 e. The molecule has 0 aliphatic rings. The van der Waals surface area contributed by atoms with E-state index in [1.54, 1.807) is 6.92 Å². The second-order valence-corrected chi connectivity index (χ2v) is 7.79. The van der Waals surface area contributed by atoms with Crippen LogP contribution in [0, 0.1) is 0 Å². The highest BCUT2D eigenvalue weighted by atomic mass is 32.2. The summed E-state index contributed by atoms with van der Waals surface area (Å²) in [4.78, 5) is 11.1. The quantitative estimate of drug-likeness (QED) is 0.131. The molecule has 1 aromatic heterocycles. The number of ether oxygens (including phenoxy) is 1. The summed E-state index contributed by atoms with van der Waals surface area (Å²) in [6.45, 7) is 10.0. The van der Waals surface area contributed by atoms with Crippen LogP contribution < -0.4 is 4.57 Å². The molecule has 1 rings (SSSR count). The molecule has 1 aromatic rings. The van der Waals surface area contributed by atoms with Gasteiger partial charge in [0, 0.05) is 5.57 Å². The van der Waals surface area contributed by atoms with Crippen molar-refractivity contribution in [3.05, 3.63) is 30.9 Å². The van der Waals surface area contributed by atoms with Crippen LogP contribution in [0.15, 0.2) is 30.9 Å². The van der Waals surface area contributed by atoms with Crippen LogP contribution in [-0.2, 0) is 32.7 Å². The number of imidazole rings is 1. The topological polar surface area (TPSA) is 92.3 Å². The molecule has 0 saturated heterocycles. The normalized spacial score (nSPS) is 11.5. The van der Waals surface area contributed by atoms with Crippen LogP contribution in [0.2, 0.25) is 0 Å². The van der Waals surface area contributed by atoms with E-state index >= 15 is 0 Å². The summed E-state index contributed by atoms with van der Waals surface area (Å²) in [5.74, 6) is -0.272. The molecular weight excluding hydrogens is 413 g/mol. The Morgan fingerprint density at radius 3 is 2.14 bits per heavy atom. The first-order valence-electron chi connectivity index (χ1n) is 9.28. The zero-order valence-electron chi connectivity index (χ0n) is 16.8. The van der Waals surface area contributed by atoms with Crippen LogP contribution in [-0.4, -0.2) is 35.6 Å². The Morgan fingerprint density at radius 2 is 1.69 bits per heavy atom. The highest BCUT2D eigenvalue weighted by Crippen LogP contribution is 2.20. The highest BCUT2D eigenvalue weighted by molar-refractivity contribution is 7.86. The lowest BCUT2D eigenvalue weighted by molar-refractivity contribution is -0.696. The standard InChI is InChI=1S/C17H29N2O2.CHF3O3S/c1-4-18-12-13-19(15-18)11-9-7-5-6-8-10-14-21-17(20)16(2)3;2-1(3,4)8(5,6)7/h12-13,15H,2,4-11,14H2,1,3H3;(H,5,6,7)/q+1;/p-1. The number of carbonyl (C=O) groups excluding carboxylic acids is 1. The van der Waals surface area contributed by atoms with Gasteiger partial charge >= 0.3 is 11.5 Å². The number of aromatic nitrogens is 2. The van der Waals surface area contributed by atoms with E-state index < -0.39 is 15.6 Å². The number of hydrogen-bond acceptors (Lipinski definition) is 5. The zero-order valence-corrected chi connectivity index (χ0v) is 17.6. The fourth-order valence-electron chi connectivity index (χ4n) is 2.15. The first kappa shape index (κ1) is 27.1. The Kier molecular flexibility index (Phi) is 12.5. The number of halogens is 3. The molecule has 0 N–H and O–H groups in total. The molecule has 0 amide bonds. The Labute approximate surface area is 169 Å². The summed E-state index contributed by atoms with van der Waals surface area (Å²) in [6, 6.07) is 0. The zero-order chi connectivity index (χ0) is 22.5. The van der Waals surface area contributed by atoms with Gasteiger partial charge in [-0.1, -0.05) is 25.8 Å². The Hall–Kier alpha value is -1.88. The molecule has 168 valence electrons. The average molecular weight is 443 g/mol. The lowest BCUT2D eigenvalue weighted by Gasteiger charge is -2.08. The largest absolute Gasteiger partial charge is 0.741 e. The van der Waals surface area contributed by atoms with Crippen LogP contribution >= 0.6 is 0 Å². The number of carbonyl (C=O) groups is 1. The van der Waals surface area contributed by atoms with Gasteiger partial charge in [-0.15, -0.1) is 0 Å². The van der Waals surface area contributed by atoms with Crippen LogP contribution in [0.1, 0.15) is 52.4 Å². The Bertz CT molecular complexity index is 730. The fraction of sp³-hybridized carbons (Fsp3) is 0.667. The summed E-state index contributed by atoms with van der Waals surface area (Å²) in [6.07, 6.45) is 13.4. The van der Waals surface area contributed by atoms with Crippen LogP contribution in [0.3, 0.4) is 0 Å². The molecule has 0 radical (unpaired) electrons. The number of esters is 1. The molecule has 1 heterocycles. The van der Waals surface area contributed by atoms with Gasteiger partial charge in [0.05, 0.1) is 19.7 Å². The minimum atomic E-state index is -6.09. The van der Waals surface area contributed by atoms with Gasteiger partial charge in [-0.2, -0.15) is 13.2 Å². The van der Waals surface area contributed by atoms with E-state index in [0.717, 1.165) is 25.9 Å². The number of rotatable bonds is 11. The summed E-state index contributed by atoms with van der Waals surface area (Å²) in [7, 11) is -6.09. The van der Waals surface area contributed by atoms with Crippen molar-refractivity contribution in [2.45, 2.75) is 71.0 Å². The molecule has 0 bridgehead atoms. The van der Waals surface area contributed by atoms with E-state index in [1.165, 1.54) is 25.7 Å². The van der Waals surface area contributed by atoms with E-state index in [2.05, 4.69) is 41.4 Å². The summed E-state index contributed by atoms with van der Waals surface area (Å²) >= 11 is 0. The maximum atomic E-state index is 11.1. The maximum absolute atomic E-state index is 11.1. The SMILES string of the molecule is C=C(C)C(=O)OCCCCCCCC[n+]1ccn(CC)c1.O=S(=O)([O-])C(F)(F)F. The van der Waals surface area contributed by atoms with E-state index in [4.69, 9.17) is 17.7 Å². The van der Waals surface area contributed by atoms with Gasteiger partial charge in [0.25, 0.3) is 0 Å². The first-order valence-corrected chi connectivity index (χ1v) is 10.7. The van der Waals surface area contributed by atoms with Crippen molar-refractivity contribution in [2.75, 3.05) is 6.61 Å². The molecule has 0 atom stereocenters. The van der Waals surface area contributed by atoms with Gasteiger partial charge in [0.1, 0.15) is 12.4 Å². The average Bonchev–Trinajstić information content (AvgIpc) is 3.06. The number of hydrogen-bond donors (Lipinski definition) is 0. The molecule has 7 nitrogen and oxygen atoms in total. The van der Waals surface area contributed by atoms with E-state index in [-0.39, 0.29) is 5.97 Å². The number of unbranched alkanes of at least 4 members (excludes halogenated alkanes) is 5. The van der Waals surface area contributed by atoms with Gasteiger partial charge in [-0.3, -0.25) is 0 Å². The van der Waals surface area contributed by atoms with Crippen molar-refractivity contribution in [2.24, 2.45) is 0 Å². The van der Waals surface area contributed by atoms with Crippen molar-refractivity contribution >= 4 is 16.1 Å². The molecule has 0 saturated carbocycles. The van der Waals surface area contributed by atoms with Gasteiger partial charge in [0.2, 0.25) is 6.33 Å². The number of aryl methyl sites for hydroxylation is 2. The van der Waals surface area contributed by atoms with Gasteiger partial charge in [-0.05, 0) is 33.1 Å². The van der Waals surface area contributed by atoms with Crippen molar-refractivity contribution in [3.63, 3.8) is 0 Å². The third-order valence-corrected chi connectivity index (χ3v) is 4.35. The minimum absolute atomic E-state index is 0.272. The smallest absolute Gasteiger partial charge is 0.485 e. The summed E-state index contributed by atoms with van der Waals surface area (Å²) in [5.41, 5.74) is -5.17. The van der Waals surface area contributed by atoms with Crippen molar-refractivity contribution in [1.29, 1.82) is 0 Å². The predicted octanol–water partition coefficient (Wildman–Crippen LogP) is 3.31. The molecule has 0 aliphatic heterocycles. The second kappa shape index (κ2) is 13.4. The van der Waals surface area contributed by atoms with E-state index in [1.807, 2.05) is 0 Å². The second-order valence-electron chi connectivity index (χ2n) is 6.42. The third kappa shape index (κ3) is 13.1. The van der Waals surface area contributed by atoms with E-state index in [0.29, 0.717) is 12.2 Å². The Morgan fingerprint density at radius 1 is 1.17 bits per heavy atom. The van der Waals surface area contributed by atoms with Crippen molar-refractivity contribution < 1.29 is 40.2 Å². The van der Waals surface area contributed by atoms with Gasteiger partial charge < -0.3 is 9.29 Å². The molecule has 0 spiro atoms. The van der Waals surface area contributed by atoms with Gasteiger partial charge in [0.15, 0.2) is 10.1 Å². The van der Waals surface area contributed by atoms with Crippen LogP contribution in [0.5, 0.6) is 0 Å². The molecule has 11 heteroatoms. The molecular formula is C18H29F3N2O5S. The van der Waals surface area contributed by atoms with Crippen LogP contribution in [0.4, 0.5) is 13.2 Å². The molecule has 0 aromatic carbocycles. The minimum Gasteiger partial charge on any atom is -0.741 e. The van der Waals surface area contributed by atoms with Gasteiger partial charge in [-0.25, -0.2) is 22.3 Å². The lowest BCUT2D eigenvalue weighted by atomic mass is 10.1. The molecule has 0 aliphatic carbocycles. The lowest BCUT2D eigenvalue weighted by Crippen LogP contribution is -2.30. The highest BCUT2D eigenvalue weighted by Gasteiger charge is 2.36. The molecule has 0 unspecified atom stereocenters. The molecule has 0 fully saturated rings. The number of alkyl halides is 3. The van der Waals surface area contributed by atoms with Crippen molar-refractivity contribution in [3.8, 4) is 0 Å². The fourth-order valence-corrected chi connectivity index (χ4v) is 2.15. The summed E-state index contributed by atoms with van der Waals surface area (Å²) in [5, 5.41) is 0. The van der Waals surface area contributed by atoms with Crippen molar-refractivity contribution in [1.82, 2.24) is 4.57 Å². The molecule has 29 heavy (non-hydrogen) atoms. The summed E-state index contributed by atoms with van der Waals surface area (Å²) < 4.78 is 68.4. The Balaban J connectivity index is 0.000000828. The number of nitrogens with zero attached hydrogens (tertiary/aromatic N) is 2. The predicted molar refractivity (Wildman–Crippen MR) is 99.5 cm³/mol. The monoisotopic (exact) mass is 442 g/mol.